The number of para-hydroxylation sites is 1. The zero-order valence-corrected chi connectivity index (χ0v) is 12.4. The molecule has 0 unspecified atom stereocenters. The lowest BCUT2D eigenvalue weighted by Crippen LogP contribution is -2.19. The summed E-state index contributed by atoms with van der Waals surface area (Å²) < 4.78 is 41.5. The molecule has 0 amide bonds. The minimum absolute atomic E-state index is 0.00208. The highest BCUT2D eigenvalue weighted by molar-refractivity contribution is 7.92. The Morgan fingerprint density at radius 1 is 1.33 bits per heavy atom. The Bertz CT molecular complexity index is 700. The van der Waals surface area contributed by atoms with E-state index in [0.717, 1.165) is 6.54 Å². The van der Waals surface area contributed by atoms with Crippen LogP contribution >= 0.6 is 0 Å². The fourth-order valence-corrected chi connectivity index (χ4v) is 2.74. The molecule has 0 aliphatic carbocycles. The van der Waals surface area contributed by atoms with Gasteiger partial charge in [-0.25, -0.2) is 12.8 Å². The molecule has 2 N–H and O–H groups in total. The third-order valence-electron chi connectivity index (χ3n) is 2.81. The second-order valence-electron chi connectivity index (χ2n) is 4.38. The van der Waals surface area contributed by atoms with Gasteiger partial charge in [-0.05, 0) is 18.7 Å². The van der Waals surface area contributed by atoms with Gasteiger partial charge in [0, 0.05) is 12.7 Å². The number of rotatable bonds is 7. The van der Waals surface area contributed by atoms with Crippen molar-refractivity contribution in [1.82, 2.24) is 15.1 Å². The van der Waals surface area contributed by atoms with Crippen molar-refractivity contribution >= 4 is 15.7 Å². The molecule has 0 aliphatic rings. The SMILES string of the molecule is CCNCCn1cc(S(=O)(=O)Nc2ccccc2F)cn1. The maximum absolute atomic E-state index is 13.5. The number of hydrogen-bond acceptors (Lipinski definition) is 4. The highest BCUT2D eigenvalue weighted by atomic mass is 32.2. The molecule has 2 aromatic rings. The summed E-state index contributed by atoms with van der Waals surface area (Å²) in [7, 11) is -3.84. The number of likely N-dealkylation sites (N-methyl/N-ethyl adjacent to an activating group) is 1. The summed E-state index contributed by atoms with van der Waals surface area (Å²) in [6, 6.07) is 5.60. The molecule has 0 fully saturated rings. The van der Waals surface area contributed by atoms with Gasteiger partial charge in [0.05, 0.1) is 18.4 Å². The van der Waals surface area contributed by atoms with Crippen LogP contribution in [-0.4, -0.2) is 31.3 Å². The van der Waals surface area contributed by atoms with Crippen LogP contribution in [0.15, 0.2) is 41.6 Å². The lowest BCUT2D eigenvalue weighted by molar-refractivity contribution is 0.564. The van der Waals surface area contributed by atoms with E-state index >= 15 is 0 Å². The Morgan fingerprint density at radius 3 is 2.81 bits per heavy atom. The number of hydrogen-bond donors (Lipinski definition) is 2. The summed E-state index contributed by atoms with van der Waals surface area (Å²) in [6.07, 6.45) is 2.66. The lowest BCUT2D eigenvalue weighted by Gasteiger charge is -2.06. The van der Waals surface area contributed by atoms with Gasteiger partial charge in [-0.15, -0.1) is 0 Å². The normalized spacial score (nSPS) is 11.5. The van der Waals surface area contributed by atoms with Crippen molar-refractivity contribution in [3.8, 4) is 0 Å². The van der Waals surface area contributed by atoms with E-state index in [4.69, 9.17) is 0 Å². The molecular formula is C13H17FN4O2S. The van der Waals surface area contributed by atoms with Crippen molar-refractivity contribution in [2.75, 3.05) is 17.8 Å². The maximum Gasteiger partial charge on any atom is 0.265 e. The van der Waals surface area contributed by atoms with E-state index in [-0.39, 0.29) is 10.6 Å². The molecule has 8 heteroatoms. The van der Waals surface area contributed by atoms with Crippen molar-refractivity contribution in [2.24, 2.45) is 0 Å². The smallest absolute Gasteiger partial charge is 0.265 e. The first-order chi connectivity index (χ1) is 10.0. The second-order valence-corrected chi connectivity index (χ2v) is 6.06. The first-order valence-electron chi connectivity index (χ1n) is 6.53. The third kappa shape index (κ3) is 4.02. The van der Waals surface area contributed by atoms with E-state index in [1.54, 1.807) is 6.07 Å². The summed E-state index contributed by atoms with van der Waals surface area (Å²) in [4.78, 5) is 0.00208. The van der Waals surface area contributed by atoms with Gasteiger partial charge < -0.3 is 5.32 Å². The molecule has 1 heterocycles. The molecule has 1 aromatic heterocycles. The van der Waals surface area contributed by atoms with Crippen LogP contribution in [-0.2, 0) is 16.6 Å². The Morgan fingerprint density at radius 2 is 2.10 bits per heavy atom. The summed E-state index contributed by atoms with van der Waals surface area (Å²) >= 11 is 0. The number of nitrogens with zero attached hydrogens (tertiary/aromatic N) is 2. The van der Waals surface area contributed by atoms with Crippen molar-refractivity contribution in [3.05, 3.63) is 42.5 Å². The summed E-state index contributed by atoms with van der Waals surface area (Å²) in [5.41, 5.74) is -0.0853. The van der Waals surface area contributed by atoms with Crippen LogP contribution < -0.4 is 10.0 Å². The summed E-state index contributed by atoms with van der Waals surface area (Å²) in [5, 5.41) is 7.10. The molecule has 114 valence electrons. The van der Waals surface area contributed by atoms with Crippen LogP contribution in [0.5, 0.6) is 0 Å². The van der Waals surface area contributed by atoms with Crippen LogP contribution in [0.25, 0.3) is 0 Å². The number of sulfonamides is 1. The van der Waals surface area contributed by atoms with E-state index in [9.17, 15) is 12.8 Å². The standard InChI is InChI=1S/C13H17FN4O2S/c1-2-15-7-8-18-10-11(9-16-18)21(19,20)17-13-6-4-3-5-12(13)14/h3-6,9-10,15,17H,2,7-8H2,1H3. The minimum atomic E-state index is -3.84. The van der Waals surface area contributed by atoms with E-state index < -0.39 is 15.8 Å². The zero-order chi connectivity index (χ0) is 15.3. The second kappa shape index (κ2) is 6.68. The number of anilines is 1. The Balaban J connectivity index is 2.11. The number of benzene rings is 1. The van der Waals surface area contributed by atoms with Gasteiger partial charge in [-0.2, -0.15) is 5.10 Å². The van der Waals surface area contributed by atoms with Gasteiger partial charge in [0.25, 0.3) is 10.0 Å². The molecule has 0 radical (unpaired) electrons. The van der Waals surface area contributed by atoms with E-state index in [1.807, 2.05) is 6.92 Å². The number of nitrogens with one attached hydrogen (secondary N) is 2. The first-order valence-corrected chi connectivity index (χ1v) is 8.02. The topological polar surface area (TPSA) is 76.0 Å². The predicted octanol–water partition coefficient (Wildman–Crippen LogP) is 1.43. The summed E-state index contributed by atoms with van der Waals surface area (Å²) in [6.45, 7) is 4.07. The highest BCUT2D eigenvalue weighted by Crippen LogP contribution is 2.18. The van der Waals surface area contributed by atoms with Gasteiger partial charge in [0.1, 0.15) is 10.7 Å². The zero-order valence-electron chi connectivity index (χ0n) is 11.6. The Labute approximate surface area is 123 Å². The molecule has 0 saturated heterocycles. The van der Waals surface area contributed by atoms with E-state index in [2.05, 4.69) is 15.1 Å². The van der Waals surface area contributed by atoms with Gasteiger partial charge in [0.15, 0.2) is 0 Å². The molecule has 1 aromatic carbocycles. The molecule has 0 bridgehead atoms. The first kappa shape index (κ1) is 15.5. The van der Waals surface area contributed by atoms with Gasteiger partial charge in [-0.3, -0.25) is 9.40 Å². The average molecular weight is 312 g/mol. The molecule has 0 saturated carbocycles. The maximum atomic E-state index is 13.5. The fourth-order valence-electron chi connectivity index (χ4n) is 1.72. The predicted molar refractivity (Wildman–Crippen MR) is 78.0 cm³/mol. The Hall–Kier alpha value is -1.93. The van der Waals surface area contributed by atoms with Crippen LogP contribution in [0.4, 0.5) is 10.1 Å². The monoisotopic (exact) mass is 312 g/mol. The van der Waals surface area contributed by atoms with Gasteiger partial charge >= 0.3 is 0 Å². The molecular weight excluding hydrogens is 295 g/mol. The van der Waals surface area contributed by atoms with Crippen LogP contribution in [0.3, 0.4) is 0 Å². The van der Waals surface area contributed by atoms with Gasteiger partial charge in [0.2, 0.25) is 0 Å². The quantitative estimate of drug-likeness (QED) is 0.758. The van der Waals surface area contributed by atoms with Gasteiger partial charge in [-0.1, -0.05) is 19.1 Å². The van der Waals surface area contributed by atoms with E-state index in [1.165, 1.54) is 35.3 Å². The highest BCUT2D eigenvalue weighted by Gasteiger charge is 2.18. The van der Waals surface area contributed by atoms with Crippen molar-refractivity contribution < 1.29 is 12.8 Å². The van der Waals surface area contributed by atoms with Crippen LogP contribution in [0, 0.1) is 5.82 Å². The largest absolute Gasteiger partial charge is 0.315 e. The molecule has 21 heavy (non-hydrogen) atoms. The van der Waals surface area contributed by atoms with Crippen molar-refractivity contribution in [2.45, 2.75) is 18.4 Å². The minimum Gasteiger partial charge on any atom is -0.315 e. The number of aromatic nitrogens is 2. The van der Waals surface area contributed by atoms with Crippen molar-refractivity contribution in [3.63, 3.8) is 0 Å². The van der Waals surface area contributed by atoms with Crippen LogP contribution in [0.1, 0.15) is 6.92 Å². The average Bonchev–Trinajstić information content (AvgIpc) is 2.91. The molecule has 2 rings (SSSR count). The van der Waals surface area contributed by atoms with E-state index in [0.29, 0.717) is 13.1 Å². The summed E-state index contributed by atoms with van der Waals surface area (Å²) in [5.74, 6) is -0.624. The molecule has 0 aliphatic heterocycles. The molecule has 6 nitrogen and oxygen atoms in total. The molecule has 0 spiro atoms. The molecule has 0 atom stereocenters. The Kier molecular flexibility index (Phi) is 4.92. The third-order valence-corrected chi connectivity index (χ3v) is 4.13. The van der Waals surface area contributed by atoms with Crippen LogP contribution in [0.2, 0.25) is 0 Å². The fraction of sp³-hybridized carbons (Fsp3) is 0.308. The lowest BCUT2D eigenvalue weighted by atomic mass is 10.3. The van der Waals surface area contributed by atoms with Crippen molar-refractivity contribution in [1.29, 1.82) is 0 Å². The number of halogens is 1.